The van der Waals surface area contributed by atoms with E-state index in [1.807, 2.05) is 32.0 Å². The monoisotopic (exact) mass is 314 g/mol. The molecule has 0 amide bonds. The van der Waals surface area contributed by atoms with E-state index >= 15 is 0 Å². The second kappa shape index (κ2) is 10.1. The Morgan fingerprint density at radius 1 is 1.43 bits per heavy atom. The number of piperidine rings is 1. The molecule has 23 heavy (non-hydrogen) atoms. The molecular formula is C20H30N2O. The van der Waals surface area contributed by atoms with Crippen LogP contribution in [0.4, 0.5) is 5.69 Å². The molecule has 0 N–H and O–H groups in total. The smallest absolute Gasteiger partial charge is 0.167 e. The minimum absolute atomic E-state index is 0.116. The predicted molar refractivity (Wildman–Crippen MR) is 101 cm³/mol. The molecule has 0 aromatic heterocycles. The zero-order chi connectivity index (χ0) is 17.2. The summed E-state index contributed by atoms with van der Waals surface area (Å²) in [4.78, 5) is 19.1. The molecule has 1 fully saturated rings. The second-order valence-electron chi connectivity index (χ2n) is 5.64. The largest absolute Gasteiger partial charge is 0.303 e. The van der Waals surface area contributed by atoms with Crippen molar-refractivity contribution < 1.29 is 4.79 Å². The van der Waals surface area contributed by atoms with Gasteiger partial charge in [-0.3, -0.25) is 9.79 Å². The summed E-state index contributed by atoms with van der Waals surface area (Å²) in [6.07, 6.45) is 4.97. The average Bonchev–Trinajstić information content (AvgIpc) is 2.62. The predicted octanol–water partition coefficient (Wildman–Crippen LogP) is 4.99. The third-order valence-electron chi connectivity index (χ3n) is 4.12. The van der Waals surface area contributed by atoms with Crippen LogP contribution in [0.5, 0.6) is 0 Å². The summed E-state index contributed by atoms with van der Waals surface area (Å²) in [5.74, 6) is 0.361. The Hall–Kier alpha value is -1.74. The first-order valence-corrected chi connectivity index (χ1v) is 8.69. The SMILES string of the molecule is C=Cc1cc(C(=O)C2CCCN(CCC)C2)ccc1N=C.CC. The fraction of sp³-hybridized carbons (Fsp3) is 0.500. The molecular weight excluding hydrogens is 284 g/mol. The second-order valence-corrected chi connectivity index (χ2v) is 5.64. The molecule has 2 rings (SSSR count). The normalized spacial score (nSPS) is 17.8. The van der Waals surface area contributed by atoms with Crippen molar-refractivity contribution in [2.45, 2.75) is 40.0 Å². The summed E-state index contributed by atoms with van der Waals surface area (Å²) in [6.45, 7) is 16.6. The van der Waals surface area contributed by atoms with Crippen LogP contribution in [-0.4, -0.2) is 37.0 Å². The summed E-state index contributed by atoms with van der Waals surface area (Å²) in [5, 5.41) is 0. The Balaban J connectivity index is 0.00000127. The lowest BCUT2D eigenvalue weighted by atomic mass is 9.89. The third-order valence-corrected chi connectivity index (χ3v) is 4.12. The summed E-state index contributed by atoms with van der Waals surface area (Å²) in [6, 6.07) is 5.60. The summed E-state index contributed by atoms with van der Waals surface area (Å²) in [7, 11) is 0. The average molecular weight is 314 g/mol. The van der Waals surface area contributed by atoms with Gasteiger partial charge in [0.1, 0.15) is 0 Å². The maximum absolute atomic E-state index is 12.7. The molecule has 1 heterocycles. The van der Waals surface area contributed by atoms with E-state index in [-0.39, 0.29) is 11.7 Å². The maximum atomic E-state index is 12.7. The topological polar surface area (TPSA) is 32.7 Å². The van der Waals surface area contributed by atoms with Crippen molar-refractivity contribution in [1.29, 1.82) is 0 Å². The van der Waals surface area contributed by atoms with Crippen molar-refractivity contribution in [3.63, 3.8) is 0 Å². The summed E-state index contributed by atoms with van der Waals surface area (Å²) >= 11 is 0. The van der Waals surface area contributed by atoms with Gasteiger partial charge in [0.05, 0.1) is 5.69 Å². The summed E-state index contributed by atoms with van der Waals surface area (Å²) < 4.78 is 0. The minimum Gasteiger partial charge on any atom is -0.303 e. The quantitative estimate of drug-likeness (QED) is 0.547. The fourth-order valence-corrected chi connectivity index (χ4v) is 3.04. The number of hydrogen-bond acceptors (Lipinski definition) is 3. The highest BCUT2D eigenvalue weighted by molar-refractivity contribution is 5.99. The number of aliphatic imine (C=N–C) groups is 1. The van der Waals surface area contributed by atoms with Gasteiger partial charge in [0.2, 0.25) is 0 Å². The van der Waals surface area contributed by atoms with E-state index in [0.29, 0.717) is 0 Å². The zero-order valence-corrected chi connectivity index (χ0v) is 14.8. The van der Waals surface area contributed by atoms with Gasteiger partial charge in [-0.15, -0.1) is 0 Å². The molecule has 1 saturated heterocycles. The Bertz CT molecular complexity index is 534. The van der Waals surface area contributed by atoms with Crippen molar-refractivity contribution in [2.24, 2.45) is 10.9 Å². The van der Waals surface area contributed by atoms with Crippen molar-refractivity contribution in [2.75, 3.05) is 19.6 Å². The van der Waals surface area contributed by atoms with E-state index < -0.39 is 0 Å². The first kappa shape index (κ1) is 19.3. The van der Waals surface area contributed by atoms with Gasteiger partial charge in [0.15, 0.2) is 5.78 Å². The van der Waals surface area contributed by atoms with Crippen LogP contribution in [0.1, 0.15) is 56.0 Å². The van der Waals surface area contributed by atoms with E-state index in [2.05, 4.69) is 30.1 Å². The molecule has 1 aromatic carbocycles. The van der Waals surface area contributed by atoms with Crippen LogP contribution >= 0.6 is 0 Å². The molecule has 0 saturated carbocycles. The number of benzene rings is 1. The van der Waals surface area contributed by atoms with E-state index in [4.69, 9.17) is 0 Å². The van der Waals surface area contributed by atoms with Crippen molar-refractivity contribution in [1.82, 2.24) is 4.90 Å². The van der Waals surface area contributed by atoms with Crippen LogP contribution in [0.3, 0.4) is 0 Å². The van der Waals surface area contributed by atoms with E-state index in [1.54, 1.807) is 6.08 Å². The molecule has 126 valence electrons. The minimum atomic E-state index is 0.116. The number of nitrogens with zero attached hydrogens (tertiary/aromatic N) is 2. The van der Waals surface area contributed by atoms with Crippen molar-refractivity contribution in [3.8, 4) is 0 Å². The highest BCUT2D eigenvalue weighted by Crippen LogP contribution is 2.25. The maximum Gasteiger partial charge on any atom is 0.167 e. The van der Waals surface area contributed by atoms with Gasteiger partial charge in [-0.1, -0.05) is 33.4 Å². The summed E-state index contributed by atoms with van der Waals surface area (Å²) in [5.41, 5.74) is 2.41. The van der Waals surface area contributed by atoms with Gasteiger partial charge >= 0.3 is 0 Å². The lowest BCUT2D eigenvalue weighted by Crippen LogP contribution is -2.39. The highest BCUT2D eigenvalue weighted by atomic mass is 16.1. The van der Waals surface area contributed by atoms with Crippen LogP contribution in [0.25, 0.3) is 6.08 Å². The number of Topliss-reactive ketones (excluding diaryl/α,β-unsaturated/α-hetero) is 1. The number of rotatable bonds is 6. The Kier molecular flexibility index (Phi) is 8.49. The van der Waals surface area contributed by atoms with E-state index in [1.165, 1.54) is 0 Å². The number of likely N-dealkylation sites (tertiary alicyclic amines) is 1. The van der Waals surface area contributed by atoms with Crippen molar-refractivity contribution >= 4 is 24.3 Å². The Morgan fingerprint density at radius 3 is 2.78 bits per heavy atom. The third kappa shape index (κ3) is 5.14. The lowest BCUT2D eigenvalue weighted by Gasteiger charge is -2.31. The zero-order valence-electron chi connectivity index (χ0n) is 14.8. The van der Waals surface area contributed by atoms with Gasteiger partial charge in [-0.05, 0) is 57.3 Å². The van der Waals surface area contributed by atoms with Gasteiger partial charge in [0.25, 0.3) is 0 Å². The standard InChI is InChI=1S/C18H24N2O.C2H6/c1-4-10-20-11-6-7-16(13-20)18(21)15-8-9-17(19-3)14(5-2)12-15;1-2/h5,8-9,12,16H,2-4,6-7,10-11,13H2,1H3;1-2H3. The van der Waals surface area contributed by atoms with E-state index in [9.17, 15) is 4.79 Å². The Morgan fingerprint density at radius 2 is 2.17 bits per heavy atom. The van der Waals surface area contributed by atoms with Crippen LogP contribution in [0.15, 0.2) is 29.8 Å². The molecule has 1 aromatic rings. The highest BCUT2D eigenvalue weighted by Gasteiger charge is 2.26. The first-order chi connectivity index (χ1) is 11.2. The van der Waals surface area contributed by atoms with Crippen LogP contribution in [0, 0.1) is 5.92 Å². The van der Waals surface area contributed by atoms with Crippen LogP contribution in [0.2, 0.25) is 0 Å². The van der Waals surface area contributed by atoms with Gasteiger partial charge < -0.3 is 4.90 Å². The molecule has 1 aliphatic heterocycles. The lowest BCUT2D eigenvalue weighted by molar-refractivity contribution is 0.0820. The van der Waals surface area contributed by atoms with Crippen LogP contribution < -0.4 is 0 Å². The molecule has 0 aliphatic carbocycles. The fourth-order valence-electron chi connectivity index (χ4n) is 3.04. The molecule has 0 bridgehead atoms. The molecule has 1 aliphatic rings. The number of carbonyl (C=O) groups excluding carboxylic acids is 1. The molecule has 0 radical (unpaired) electrons. The molecule has 3 nitrogen and oxygen atoms in total. The van der Waals surface area contributed by atoms with E-state index in [0.717, 1.165) is 55.7 Å². The van der Waals surface area contributed by atoms with Gasteiger partial charge in [0, 0.05) is 23.6 Å². The molecule has 1 unspecified atom stereocenters. The number of carbonyl (C=O) groups is 1. The van der Waals surface area contributed by atoms with Crippen LogP contribution in [-0.2, 0) is 0 Å². The van der Waals surface area contributed by atoms with Crippen molar-refractivity contribution in [3.05, 3.63) is 35.9 Å². The first-order valence-electron chi connectivity index (χ1n) is 8.69. The van der Waals surface area contributed by atoms with Gasteiger partial charge in [-0.2, -0.15) is 0 Å². The Labute approximate surface area is 141 Å². The molecule has 0 spiro atoms. The number of hydrogen-bond donors (Lipinski definition) is 0. The molecule has 1 atom stereocenters. The molecule has 3 heteroatoms. The number of ketones is 1. The van der Waals surface area contributed by atoms with Gasteiger partial charge in [-0.25, -0.2) is 0 Å².